The van der Waals surface area contributed by atoms with Gasteiger partial charge in [-0.3, -0.25) is 9.59 Å². The van der Waals surface area contributed by atoms with E-state index in [2.05, 4.69) is 4.74 Å². The number of hydrogen-bond donors (Lipinski definition) is 1. The molecular weight excluding hydrogens is 290 g/mol. The zero-order chi connectivity index (χ0) is 16.5. The summed E-state index contributed by atoms with van der Waals surface area (Å²) in [6.07, 6.45) is 0.0589. The van der Waals surface area contributed by atoms with E-state index in [1.807, 2.05) is 0 Å². The van der Waals surface area contributed by atoms with Crippen molar-refractivity contribution in [1.82, 2.24) is 4.90 Å². The Morgan fingerprint density at radius 3 is 2.09 bits per heavy atom. The lowest BCUT2D eigenvalue weighted by atomic mass is 10.1. The Morgan fingerprint density at radius 1 is 1.05 bits per heavy atom. The van der Waals surface area contributed by atoms with Crippen LogP contribution < -0.4 is 9.47 Å². The lowest BCUT2D eigenvalue weighted by molar-refractivity contribution is -0.140. The van der Waals surface area contributed by atoms with Crippen LogP contribution in [0.4, 0.5) is 0 Å². The maximum absolute atomic E-state index is 12.5. The standard InChI is InChI=1S/C15H21NO6/c1-20-12-8-11(9-13(10-12)21-2)15(19)16(6-7-17)5-4-14(18)22-3/h8-10,17H,4-7H2,1-3H3. The molecule has 1 aromatic rings. The maximum Gasteiger partial charge on any atom is 0.307 e. The summed E-state index contributed by atoms with van der Waals surface area (Å²) in [6, 6.07) is 4.81. The summed E-state index contributed by atoms with van der Waals surface area (Å²) in [6.45, 7) is 0.0783. The first-order chi connectivity index (χ1) is 10.5. The summed E-state index contributed by atoms with van der Waals surface area (Å²) in [4.78, 5) is 25.1. The third-order valence-electron chi connectivity index (χ3n) is 3.07. The molecule has 1 aromatic carbocycles. The van der Waals surface area contributed by atoms with Gasteiger partial charge in [0, 0.05) is 24.7 Å². The molecule has 0 fully saturated rings. The van der Waals surface area contributed by atoms with E-state index in [9.17, 15) is 9.59 Å². The van der Waals surface area contributed by atoms with Crippen LogP contribution in [-0.2, 0) is 9.53 Å². The van der Waals surface area contributed by atoms with Crippen molar-refractivity contribution in [2.75, 3.05) is 41.0 Å². The SMILES string of the molecule is COC(=O)CCN(CCO)C(=O)c1cc(OC)cc(OC)c1. The van der Waals surface area contributed by atoms with Gasteiger partial charge in [-0.2, -0.15) is 0 Å². The fourth-order valence-electron chi connectivity index (χ4n) is 1.88. The number of aliphatic hydroxyl groups excluding tert-OH is 1. The average molecular weight is 311 g/mol. The Labute approximate surface area is 129 Å². The van der Waals surface area contributed by atoms with Crippen molar-refractivity contribution in [3.05, 3.63) is 23.8 Å². The first-order valence-electron chi connectivity index (χ1n) is 6.75. The number of aliphatic hydroxyl groups is 1. The molecular formula is C15H21NO6. The van der Waals surface area contributed by atoms with Gasteiger partial charge in [0.05, 0.1) is 34.4 Å². The number of methoxy groups -OCH3 is 3. The highest BCUT2D eigenvalue weighted by Gasteiger charge is 2.18. The zero-order valence-corrected chi connectivity index (χ0v) is 13.0. The van der Waals surface area contributed by atoms with Gasteiger partial charge in [0.25, 0.3) is 5.91 Å². The molecule has 0 aliphatic carbocycles. The van der Waals surface area contributed by atoms with E-state index in [1.165, 1.54) is 26.2 Å². The van der Waals surface area contributed by atoms with Crippen molar-refractivity contribution in [2.45, 2.75) is 6.42 Å². The van der Waals surface area contributed by atoms with E-state index in [0.29, 0.717) is 17.1 Å². The Balaban J connectivity index is 2.95. The normalized spacial score (nSPS) is 10.0. The van der Waals surface area contributed by atoms with Gasteiger partial charge >= 0.3 is 5.97 Å². The van der Waals surface area contributed by atoms with Gasteiger partial charge in [0.15, 0.2) is 0 Å². The van der Waals surface area contributed by atoms with E-state index in [1.54, 1.807) is 18.2 Å². The van der Waals surface area contributed by atoms with Crippen LogP contribution >= 0.6 is 0 Å². The number of nitrogens with zero attached hydrogens (tertiary/aromatic N) is 1. The topological polar surface area (TPSA) is 85.3 Å². The summed E-state index contributed by atoms with van der Waals surface area (Å²) in [7, 11) is 4.27. The largest absolute Gasteiger partial charge is 0.497 e. The van der Waals surface area contributed by atoms with E-state index >= 15 is 0 Å². The summed E-state index contributed by atoms with van der Waals surface area (Å²) in [5.74, 6) is 0.230. The highest BCUT2D eigenvalue weighted by Crippen LogP contribution is 2.23. The predicted molar refractivity (Wildman–Crippen MR) is 79.2 cm³/mol. The minimum atomic E-state index is -0.418. The third-order valence-corrected chi connectivity index (χ3v) is 3.07. The molecule has 1 amide bonds. The summed E-state index contributed by atoms with van der Waals surface area (Å²) >= 11 is 0. The predicted octanol–water partition coefficient (Wildman–Crippen LogP) is 0.701. The molecule has 0 aromatic heterocycles. The van der Waals surface area contributed by atoms with E-state index < -0.39 is 5.97 Å². The monoisotopic (exact) mass is 311 g/mol. The van der Waals surface area contributed by atoms with E-state index in [-0.39, 0.29) is 32.0 Å². The van der Waals surface area contributed by atoms with Gasteiger partial charge in [-0.15, -0.1) is 0 Å². The molecule has 7 heteroatoms. The quantitative estimate of drug-likeness (QED) is 0.711. The minimum Gasteiger partial charge on any atom is -0.497 e. The van der Waals surface area contributed by atoms with Gasteiger partial charge in [0.2, 0.25) is 0 Å². The molecule has 22 heavy (non-hydrogen) atoms. The molecule has 0 bridgehead atoms. The zero-order valence-electron chi connectivity index (χ0n) is 13.0. The number of amides is 1. The third kappa shape index (κ3) is 4.92. The first-order valence-corrected chi connectivity index (χ1v) is 6.75. The number of carbonyl (C=O) groups is 2. The minimum absolute atomic E-state index is 0.0589. The van der Waals surface area contributed by atoms with Crippen LogP contribution in [0.1, 0.15) is 16.8 Å². The maximum atomic E-state index is 12.5. The smallest absolute Gasteiger partial charge is 0.307 e. The van der Waals surface area contributed by atoms with Crippen LogP contribution in [0.25, 0.3) is 0 Å². The molecule has 0 aliphatic rings. The summed E-state index contributed by atoms with van der Waals surface area (Å²) in [5, 5.41) is 9.10. The van der Waals surface area contributed by atoms with Gasteiger partial charge in [-0.05, 0) is 12.1 Å². The fraction of sp³-hybridized carbons (Fsp3) is 0.467. The molecule has 0 radical (unpaired) electrons. The molecule has 0 atom stereocenters. The van der Waals surface area contributed by atoms with Crippen molar-refractivity contribution in [3.63, 3.8) is 0 Å². The molecule has 0 heterocycles. The number of benzene rings is 1. The number of ether oxygens (including phenoxy) is 3. The number of esters is 1. The Hall–Kier alpha value is -2.28. The summed E-state index contributed by atoms with van der Waals surface area (Å²) in [5.41, 5.74) is 0.356. The van der Waals surface area contributed by atoms with Crippen LogP contribution in [0.15, 0.2) is 18.2 Å². The Kier molecular flexibility index (Phi) is 7.18. The second-order valence-corrected chi connectivity index (χ2v) is 4.44. The molecule has 0 spiro atoms. The van der Waals surface area contributed by atoms with Gasteiger partial charge in [-0.25, -0.2) is 0 Å². The second kappa shape index (κ2) is 8.89. The van der Waals surface area contributed by atoms with E-state index in [4.69, 9.17) is 14.6 Å². The Bertz CT molecular complexity index is 495. The van der Waals surface area contributed by atoms with Crippen LogP contribution in [0.3, 0.4) is 0 Å². The highest BCUT2D eigenvalue weighted by atomic mass is 16.5. The van der Waals surface area contributed by atoms with Gasteiger partial charge in [-0.1, -0.05) is 0 Å². The lowest BCUT2D eigenvalue weighted by Crippen LogP contribution is -2.35. The fourth-order valence-corrected chi connectivity index (χ4v) is 1.88. The van der Waals surface area contributed by atoms with Crippen LogP contribution in [0, 0.1) is 0 Å². The Morgan fingerprint density at radius 2 is 1.64 bits per heavy atom. The molecule has 1 N–H and O–H groups in total. The van der Waals surface area contributed by atoms with Crippen molar-refractivity contribution in [2.24, 2.45) is 0 Å². The van der Waals surface area contributed by atoms with Crippen molar-refractivity contribution in [3.8, 4) is 11.5 Å². The molecule has 7 nitrogen and oxygen atoms in total. The van der Waals surface area contributed by atoms with Crippen molar-refractivity contribution in [1.29, 1.82) is 0 Å². The van der Waals surface area contributed by atoms with E-state index in [0.717, 1.165) is 0 Å². The van der Waals surface area contributed by atoms with Gasteiger partial charge < -0.3 is 24.2 Å². The molecule has 0 saturated heterocycles. The average Bonchev–Trinajstić information content (AvgIpc) is 2.56. The van der Waals surface area contributed by atoms with Crippen molar-refractivity contribution < 1.29 is 28.9 Å². The van der Waals surface area contributed by atoms with Crippen LogP contribution in [-0.4, -0.2) is 62.9 Å². The number of rotatable bonds is 8. The van der Waals surface area contributed by atoms with Crippen LogP contribution in [0.2, 0.25) is 0 Å². The first kappa shape index (κ1) is 17.8. The number of carbonyl (C=O) groups excluding carboxylic acids is 2. The van der Waals surface area contributed by atoms with Crippen LogP contribution in [0.5, 0.6) is 11.5 Å². The molecule has 0 unspecified atom stereocenters. The highest BCUT2D eigenvalue weighted by molar-refractivity contribution is 5.95. The second-order valence-electron chi connectivity index (χ2n) is 4.44. The number of hydrogen-bond acceptors (Lipinski definition) is 6. The summed E-state index contributed by atoms with van der Waals surface area (Å²) < 4.78 is 14.8. The molecule has 122 valence electrons. The molecule has 1 rings (SSSR count). The van der Waals surface area contributed by atoms with Gasteiger partial charge in [0.1, 0.15) is 11.5 Å². The lowest BCUT2D eigenvalue weighted by Gasteiger charge is -2.21. The molecule has 0 saturated carbocycles. The van der Waals surface area contributed by atoms with Crippen molar-refractivity contribution >= 4 is 11.9 Å². The molecule has 0 aliphatic heterocycles.